The van der Waals surface area contributed by atoms with Crippen LogP contribution in [0.3, 0.4) is 0 Å². The fourth-order valence-corrected chi connectivity index (χ4v) is 4.49. The van der Waals surface area contributed by atoms with E-state index in [-0.39, 0.29) is 11.3 Å². The first kappa shape index (κ1) is 28.1. The van der Waals surface area contributed by atoms with Gasteiger partial charge in [0, 0.05) is 18.7 Å². The number of benzene rings is 2. The van der Waals surface area contributed by atoms with E-state index in [4.69, 9.17) is 14.2 Å². The predicted molar refractivity (Wildman–Crippen MR) is 143 cm³/mol. The van der Waals surface area contributed by atoms with Crippen LogP contribution in [0.15, 0.2) is 48.0 Å². The fourth-order valence-electron chi connectivity index (χ4n) is 4.49. The van der Waals surface area contributed by atoms with E-state index in [9.17, 15) is 14.7 Å². The molecule has 1 saturated heterocycles. The van der Waals surface area contributed by atoms with E-state index >= 15 is 0 Å². The van der Waals surface area contributed by atoms with Crippen LogP contribution in [0.4, 0.5) is 0 Å². The molecule has 8 heteroatoms. The van der Waals surface area contributed by atoms with Crippen molar-refractivity contribution >= 4 is 17.4 Å². The summed E-state index contributed by atoms with van der Waals surface area (Å²) in [4.78, 5) is 30.4. The second-order valence-corrected chi connectivity index (χ2v) is 8.86. The molecule has 37 heavy (non-hydrogen) atoms. The number of ketones is 1. The Kier molecular flexibility index (Phi) is 9.97. The molecule has 1 atom stereocenters. The van der Waals surface area contributed by atoms with E-state index in [1.54, 1.807) is 49.6 Å². The lowest BCUT2D eigenvalue weighted by molar-refractivity contribution is -0.140. The van der Waals surface area contributed by atoms with E-state index in [2.05, 4.69) is 25.7 Å². The number of ether oxygens (including phenoxy) is 3. The number of likely N-dealkylation sites (N-methyl/N-ethyl adjacent to an activating group) is 1. The van der Waals surface area contributed by atoms with Crippen molar-refractivity contribution in [2.45, 2.75) is 39.7 Å². The van der Waals surface area contributed by atoms with Gasteiger partial charge in [0.25, 0.3) is 11.7 Å². The number of hydrogen-bond donors (Lipinski definition) is 1. The Balaban J connectivity index is 2.10. The van der Waals surface area contributed by atoms with Crippen molar-refractivity contribution < 1.29 is 28.9 Å². The highest BCUT2D eigenvalue weighted by Gasteiger charge is 2.46. The van der Waals surface area contributed by atoms with E-state index in [0.29, 0.717) is 48.1 Å². The molecule has 0 radical (unpaired) electrons. The Morgan fingerprint density at radius 1 is 1.00 bits per heavy atom. The molecule has 1 unspecified atom stereocenters. The van der Waals surface area contributed by atoms with Gasteiger partial charge in [0.1, 0.15) is 11.5 Å². The molecule has 2 aromatic rings. The summed E-state index contributed by atoms with van der Waals surface area (Å²) in [5, 5.41) is 11.4. The summed E-state index contributed by atoms with van der Waals surface area (Å²) < 4.78 is 16.7. The Hall–Kier alpha value is -3.52. The molecule has 1 aliphatic rings. The summed E-state index contributed by atoms with van der Waals surface area (Å²) in [6.45, 7) is 9.34. The van der Waals surface area contributed by atoms with Gasteiger partial charge >= 0.3 is 0 Å². The largest absolute Gasteiger partial charge is 0.507 e. The van der Waals surface area contributed by atoms with Crippen LogP contribution in [0.25, 0.3) is 5.76 Å². The molecule has 1 heterocycles. The Bertz CT molecular complexity index is 1130. The molecular formula is C29H38N2O6. The van der Waals surface area contributed by atoms with Gasteiger partial charge in [-0.05, 0) is 49.3 Å². The number of carbonyl (C=O) groups is 2. The molecular weight excluding hydrogens is 472 g/mol. The molecule has 0 saturated carbocycles. The van der Waals surface area contributed by atoms with Crippen molar-refractivity contribution in [3.8, 4) is 17.2 Å². The van der Waals surface area contributed by atoms with Crippen molar-refractivity contribution in [2.24, 2.45) is 0 Å². The van der Waals surface area contributed by atoms with Gasteiger partial charge in [-0.25, -0.2) is 0 Å². The smallest absolute Gasteiger partial charge is 0.295 e. The van der Waals surface area contributed by atoms with Crippen LogP contribution >= 0.6 is 0 Å². The van der Waals surface area contributed by atoms with Crippen molar-refractivity contribution in [2.75, 3.05) is 47.0 Å². The van der Waals surface area contributed by atoms with Crippen LogP contribution in [-0.4, -0.2) is 73.6 Å². The number of nitrogens with zero attached hydrogens (tertiary/aromatic N) is 2. The molecule has 0 bridgehead atoms. The number of amides is 1. The number of likely N-dealkylation sites (tertiary alicyclic amines) is 1. The molecule has 1 amide bonds. The molecule has 3 rings (SSSR count). The molecule has 1 aliphatic heterocycles. The van der Waals surface area contributed by atoms with E-state index in [1.165, 1.54) is 12.0 Å². The van der Waals surface area contributed by atoms with Crippen molar-refractivity contribution in [3.05, 3.63) is 59.2 Å². The van der Waals surface area contributed by atoms with Crippen molar-refractivity contribution in [1.82, 2.24) is 9.80 Å². The number of rotatable bonds is 13. The third-order valence-electron chi connectivity index (χ3n) is 6.69. The number of hydrogen-bond acceptors (Lipinski definition) is 7. The van der Waals surface area contributed by atoms with E-state index < -0.39 is 17.7 Å². The maximum Gasteiger partial charge on any atom is 0.295 e. The monoisotopic (exact) mass is 510 g/mol. The van der Waals surface area contributed by atoms with E-state index in [1.807, 2.05) is 0 Å². The zero-order valence-electron chi connectivity index (χ0n) is 22.5. The minimum Gasteiger partial charge on any atom is -0.507 e. The Morgan fingerprint density at radius 3 is 2.38 bits per heavy atom. The van der Waals surface area contributed by atoms with Gasteiger partial charge in [-0.2, -0.15) is 0 Å². The molecule has 2 aromatic carbocycles. The summed E-state index contributed by atoms with van der Waals surface area (Å²) in [5.41, 5.74) is 1.11. The number of aliphatic hydroxyl groups excluding tert-OH is 1. The number of aliphatic hydroxyl groups is 1. The minimum atomic E-state index is -0.778. The average molecular weight is 511 g/mol. The highest BCUT2D eigenvalue weighted by molar-refractivity contribution is 6.46. The maximum atomic E-state index is 13.4. The topological polar surface area (TPSA) is 88.5 Å². The quantitative estimate of drug-likeness (QED) is 0.182. The zero-order chi connectivity index (χ0) is 26.9. The lowest BCUT2D eigenvalue weighted by Gasteiger charge is -2.28. The maximum absolute atomic E-state index is 13.4. The summed E-state index contributed by atoms with van der Waals surface area (Å²) in [7, 11) is 3.08. The average Bonchev–Trinajstić information content (AvgIpc) is 3.18. The summed E-state index contributed by atoms with van der Waals surface area (Å²) >= 11 is 0. The van der Waals surface area contributed by atoms with Crippen LogP contribution in [0.2, 0.25) is 0 Å². The zero-order valence-corrected chi connectivity index (χ0v) is 22.5. The third-order valence-corrected chi connectivity index (χ3v) is 6.69. The molecule has 0 spiro atoms. The number of methoxy groups -OCH3 is 2. The third kappa shape index (κ3) is 6.25. The number of unbranched alkanes of at least 4 members (excludes halogenated alkanes) is 1. The first-order chi connectivity index (χ1) is 17.9. The highest BCUT2D eigenvalue weighted by atomic mass is 16.5. The van der Waals surface area contributed by atoms with Gasteiger partial charge in [-0.1, -0.05) is 45.4 Å². The van der Waals surface area contributed by atoms with E-state index in [0.717, 1.165) is 25.9 Å². The van der Waals surface area contributed by atoms with Crippen LogP contribution < -0.4 is 14.2 Å². The molecule has 1 fully saturated rings. The molecule has 0 aromatic heterocycles. The Morgan fingerprint density at radius 2 is 1.73 bits per heavy atom. The highest BCUT2D eigenvalue weighted by Crippen LogP contribution is 2.42. The van der Waals surface area contributed by atoms with Gasteiger partial charge in [0.05, 0.1) is 32.4 Å². The minimum absolute atomic E-state index is 0.0440. The van der Waals surface area contributed by atoms with Crippen molar-refractivity contribution in [3.63, 3.8) is 0 Å². The van der Waals surface area contributed by atoms with Gasteiger partial charge in [0.2, 0.25) is 0 Å². The standard InChI is InChI=1S/C29H38N2O6/c1-6-9-17-37-22-12-10-11-21(18-22)27(32)25-26(20-13-14-23(35-4)24(19-20)36-5)31(29(34)28(25)33)16-15-30(7-2)8-3/h10-14,18-19,26,32H,6-9,15-17H2,1-5H3/b27-25+. The number of carbonyl (C=O) groups excluding carboxylic acids is 2. The van der Waals surface area contributed by atoms with Crippen LogP contribution in [-0.2, 0) is 9.59 Å². The van der Waals surface area contributed by atoms with Gasteiger partial charge in [-0.3, -0.25) is 9.59 Å². The molecule has 8 nitrogen and oxygen atoms in total. The summed E-state index contributed by atoms with van der Waals surface area (Å²) in [5.74, 6) is 0.0160. The Labute approximate surface area is 219 Å². The summed E-state index contributed by atoms with van der Waals surface area (Å²) in [6, 6.07) is 11.5. The summed E-state index contributed by atoms with van der Waals surface area (Å²) in [6.07, 6.45) is 1.91. The van der Waals surface area contributed by atoms with Crippen LogP contribution in [0, 0.1) is 0 Å². The predicted octanol–water partition coefficient (Wildman–Crippen LogP) is 4.65. The van der Waals surface area contributed by atoms with Crippen LogP contribution in [0.5, 0.6) is 17.2 Å². The van der Waals surface area contributed by atoms with Crippen molar-refractivity contribution in [1.29, 1.82) is 0 Å². The van der Waals surface area contributed by atoms with Gasteiger partial charge in [-0.15, -0.1) is 0 Å². The van der Waals surface area contributed by atoms with Gasteiger partial charge < -0.3 is 29.1 Å². The lowest BCUT2D eigenvalue weighted by atomic mass is 9.95. The fraction of sp³-hybridized carbons (Fsp3) is 0.448. The van der Waals surface area contributed by atoms with Crippen LogP contribution in [0.1, 0.15) is 50.8 Å². The molecule has 0 aliphatic carbocycles. The second kappa shape index (κ2) is 13.1. The molecule has 200 valence electrons. The first-order valence-electron chi connectivity index (χ1n) is 12.9. The second-order valence-electron chi connectivity index (χ2n) is 8.86. The van der Waals surface area contributed by atoms with Gasteiger partial charge in [0.15, 0.2) is 11.5 Å². The first-order valence-corrected chi connectivity index (χ1v) is 12.9. The molecule has 1 N–H and O–H groups in total. The SMILES string of the molecule is CCCCOc1cccc(/C(O)=C2\C(=O)C(=O)N(CCN(CC)CC)C2c2ccc(OC)c(OC)c2)c1. The normalized spacial score (nSPS) is 16.9. The lowest BCUT2D eigenvalue weighted by Crippen LogP contribution is -2.38. The number of Topliss-reactive ketones (excluding diaryl/α,β-unsaturated/α-hetero) is 1.